The van der Waals surface area contributed by atoms with Crippen molar-refractivity contribution in [1.29, 1.82) is 0 Å². The molecule has 9 nitrogen and oxygen atoms in total. The van der Waals surface area contributed by atoms with E-state index in [1.165, 1.54) is 0 Å². The van der Waals surface area contributed by atoms with Gasteiger partial charge in [-0.15, -0.1) is 0 Å². The molecule has 2 heterocycles. The molecule has 0 aliphatic heterocycles. The third-order valence-corrected chi connectivity index (χ3v) is 1.02. The Morgan fingerprint density at radius 1 is 0.786 bits per heavy atom. The monoisotopic (exact) mass is 195 g/mol. The van der Waals surface area contributed by atoms with E-state index < -0.39 is 0 Å². The van der Waals surface area contributed by atoms with Gasteiger partial charge in [-0.2, -0.15) is 30.4 Å². The third-order valence-electron chi connectivity index (χ3n) is 1.02. The largest absolute Gasteiger partial charge is 0.368 e. The lowest BCUT2D eigenvalue weighted by atomic mass is 10.9. The van der Waals surface area contributed by atoms with Crippen molar-refractivity contribution in [2.45, 2.75) is 0 Å². The molecule has 0 unspecified atom stereocenters. The molecule has 0 fully saturated rings. The molecule has 14 heavy (non-hydrogen) atoms. The number of hydrogen-bond acceptors (Lipinski definition) is 8. The van der Waals surface area contributed by atoms with Crippen LogP contribution in [0.25, 0.3) is 0 Å². The van der Waals surface area contributed by atoms with E-state index in [1.807, 2.05) is 0 Å². The maximum atomic E-state index is 5.14. The molecule has 0 saturated heterocycles. The third kappa shape index (κ3) is 3.30. The Morgan fingerprint density at radius 3 is 1.36 bits per heavy atom. The van der Waals surface area contributed by atoms with Gasteiger partial charge in [0.15, 0.2) is 0 Å². The van der Waals surface area contributed by atoms with Gasteiger partial charge in [0.25, 0.3) is 0 Å². The van der Waals surface area contributed by atoms with Crippen LogP contribution < -0.4 is 17.2 Å². The minimum Gasteiger partial charge on any atom is -0.368 e. The number of nitrogen functional groups attached to an aromatic ring is 3. The number of rotatable bonds is 0. The van der Waals surface area contributed by atoms with Crippen molar-refractivity contribution in [3.8, 4) is 0 Å². The molecule has 2 aromatic rings. The highest BCUT2D eigenvalue weighted by molar-refractivity contribution is 5.33. The first kappa shape index (κ1) is 9.64. The fourth-order valence-corrected chi connectivity index (χ4v) is 0.594. The molecule has 74 valence electrons. The predicted octanol–water partition coefficient (Wildman–Crippen LogP) is -1.58. The topological polar surface area (TPSA) is 158 Å². The Morgan fingerprint density at radius 2 is 1.14 bits per heavy atom. The number of hydrogen-bond donors (Lipinski definition) is 4. The van der Waals surface area contributed by atoms with E-state index >= 15 is 0 Å². The van der Waals surface area contributed by atoms with E-state index in [4.69, 9.17) is 17.2 Å². The van der Waals surface area contributed by atoms with Crippen LogP contribution in [0.5, 0.6) is 0 Å². The van der Waals surface area contributed by atoms with Crippen LogP contribution in [0.3, 0.4) is 0 Å². The molecule has 9 heteroatoms. The zero-order chi connectivity index (χ0) is 10.4. The summed E-state index contributed by atoms with van der Waals surface area (Å²) < 4.78 is 0. The maximum Gasteiger partial charge on any atom is 0.226 e. The van der Waals surface area contributed by atoms with Gasteiger partial charge < -0.3 is 17.2 Å². The van der Waals surface area contributed by atoms with Crippen LogP contribution in [0.1, 0.15) is 0 Å². The van der Waals surface area contributed by atoms with Crippen molar-refractivity contribution in [2.75, 3.05) is 17.2 Å². The predicted molar refractivity (Wildman–Crippen MR) is 49.4 cm³/mol. The highest BCUT2D eigenvalue weighted by atomic mass is 15.3. The summed E-state index contributed by atoms with van der Waals surface area (Å²) in [5.41, 5.74) is 15.4. The van der Waals surface area contributed by atoms with E-state index in [1.54, 1.807) is 12.4 Å². The second-order valence-corrected chi connectivity index (χ2v) is 2.07. The molecule has 2 aromatic heterocycles. The summed E-state index contributed by atoms with van der Waals surface area (Å²) >= 11 is 0. The van der Waals surface area contributed by atoms with Crippen LogP contribution in [-0.2, 0) is 0 Å². The summed E-state index contributed by atoms with van der Waals surface area (Å²) in [4.78, 5) is 10.5. The molecule has 0 atom stereocenters. The molecule has 0 aliphatic rings. The smallest absolute Gasteiger partial charge is 0.226 e. The average Bonchev–Trinajstić information content (AvgIpc) is 2.56. The number of aromatic nitrogens is 6. The summed E-state index contributed by atoms with van der Waals surface area (Å²) in [7, 11) is 0. The van der Waals surface area contributed by atoms with E-state index in [9.17, 15) is 0 Å². The molecule has 0 amide bonds. The Bertz CT molecular complexity index is 301. The molecule has 0 aromatic carbocycles. The van der Waals surface area contributed by atoms with Crippen LogP contribution >= 0.6 is 0 Å². The Kier molecular flexibility index (Phi) is 3.13. The number of nitrogens with one attached hydrogen (secondary N) is 1. The summed E-state index contributed by atoms with van der Waals surface area (Å²) in [6.07, 6.45) is 3.17. The summed E-state index contributed by atoms with van der Waals surface area (Å²) in [6.45, 7) is 0. The molecule has 2 rings (SSSR count). The zero-order valence-electron chi connectivity index (χ0n) is 7.12. The first-order valence-corrected chi connectivity index (χ1v) is 3.50. The van der Waals surface area contributed by atoms with Gasteiger partial charge in [0.2, 0.25) is 17.8 Å². The Hall–Kier alpha value is -2.45. The van der Waals surface area contributed by atoms with Crippen molar-refractivity contribution in [3.63, 3.8) is 0 Å². The Labute approximate surface area is 78.8 Å². The number of nitrogens with zero attached hydrogens (tertiary/aromatic N) is 5. The Balaban J connectivity index is 0.000000165. The number of H-pyrrole nitrogens is 1. The quantitative estimate of drug-likeness (QED) is 0.392. The first-order valence-electron chi connectivity index (χ1n) is 3.50. The van der Waals surface area contributed by atoms with Crippen LogP contribution in [0.2, 0.25) is 0 Å². The number of anilines is 3. The fraction of sp³-hybridized carbons (Fsp3) is 0. The lowest BCUT2D eigenvalue weighted by molar-refractivity contribution is 0.940. The SMILES string of the molecule is Nc1nc(N)nc(N)n1.c1cn[nH]n1. The molecule has 0 saturated carbocycles. The molecule has 7 N–H and O–H groups in total. The van der Waals surface area contributed by atoms with Gasteiger partial charge in [-0.05, 0) is 0 Å². The van der Waals surface area contributed by atoms with E-state index in [2.05, 4.69) is 30.4 Å². The summed E-state index contributed by atoms with van der Waals surface area (Å²) in [5, 5.41) is 9.33. The second kappa shape index (κ2) is 4.54. The van der Waals surface area contributed by atoms with Crippen molar-refractivity contribution in [2.24, 2.45) is 0 Å². The minimum absolute atomic E-state index is 0.0417. The van der Waals surface area contributed by atoms with E-state index in [0.717, 1.165) is 0 Å². The normalized spacial score (nSPS) is 8.86. The molecule has 0 radical (unpaired) electrons. The van der Waals surface area contributed by atoms with Gasteiger partial charge in [-0.1, -0.05) is 0 Å². The number of aromatic amines is 1. The van der Waals surface area contributed by atoms with Gasteiger partial charge in [-0.3, -0.25) is 0 Å². The standard InChI is InChI=1S/C3H6N6.C2H3N3/c4-1-7-2(5)9-3(6)8-1;1-2-4-5-3-1/h(H6,4,5,6,7,8,9);1-2H,(H,3,4,5). The lowest BCUT2D eigenvalue weighted by Crippen LogP contribution is -2.05. The van der Waals surface area contributed by atoms with E-state index in [0.29, 0.717) is 0 Å². The van der Waals surface area contributed by atoms with E-state index in [-0.39, 0.29) is 17.8 Å². The molecule has 0 spiro atoms. The number of nitrogens with two attached hydrogens (primary N) is 3. The van der Waals surface area contributed by atoms with Gasteiger partial charge in [-0.25, -0.2) is 0 Å². The molecular formula is C5H9N9. The van der Waals surface area contributed by atoms with Crippen LogP contribution in [0.15, 0.2) is 12.4 Å². The van der Waals surface area contributed by atoms with Crippen molar-refractivity contribution in [1.82, 2.24) is 30.4 Å². The van der Waals surface area contributed by atoms with Crippen LogP contribution in [-0.4, -0.2) is 30.4 Å². The highest BCUT2D eigenvalue weighted by Gasteiger charge is 1.93. The second-order valence-electron chi connectivity index (χ2n) is 2.07. The zero-order valence-corrected chi connectivity index (χ0v) is 7.12. The lowest BCUT2D eigenvalue weighted by Gasteiger charge is -1.93. The summed E-state index contributed by atoms with van der Waals surface area (Å²) in [6, 6.07) is 0. The molecule has 0 aliphatic carbocycles. The fourth-order valence-electron chi connectivity index (χ4n) is 0.594. The van der Waals surface area contributed by atoms with Crippen molar-refractivity contribution in [3.05, 3.63) is 12.4 Å². The van der Waals surface area contributed by atoms with Gasteiger partial charge >= 0.3 is 0 Å². The average molecular weight is 195 g/mol. The maximum absolute atomic E-state index is 5.14. The van der Waals surface area contributed by atoms with Crippen molar-refractivity contribution >= 4 is 17.8 Å². The van der Waals surface area contributed by atoms with Gasteiger partial charge in [0.1, 0.15) is 0 Å². The van der Waals surface area contributed by atoms with Crippen LogP contribution in [0.4, 0.5) is 17.8 Å². The van der Waals surface area contributed by atoms with Gasteiger partial charge in [0, 0.05) is 0 Å². The minimum atomic E-state index is 0.0417. The first-order chi connectivity index (χ1) is 6.68. The molecule has 0 bridgehead atoms. The summed E-state index contributed by atoms with van der Waals surface area (Å²) in [5.74, 6) is 0.125. The van der Waals surface area contributed by atoms with Gasteiger partial charge in [0.05, 0.1) is 12.4 Å². The van der Waals surface area contributed by atoms with Crippen LogP contribution in [0, 0.1) is 0 Å². The van der Waals surface area contributed by atoms with Crippen molar-refractivity contribution < 1.29 is 0 Å². The highest BCUT2D eigenvalue weighted by Crippen LogP contribution is 1.97. The molecular weight excluding hydrogens is 186 g/mol.